The van der Waals surface area contributed by atoms with E-state index >= 15 is 0 Å². The van der Waals surface area contributed by atoms with Crippen molar-refractivity contribution in [1.29, 1.82) is 0 Å². The molecule has 0 amide bonds. The van der Waals surface area contributed by atoms with Crippen LogP contribution in [-0.4, -0.2) is 61.3 Å². The average Bonchev–Trinajstić information content (AvgIpc) is 3.21. The lowest BCUT2D eigenvalue weighted by atomic mass is 9.62. The predicted octanol–water partition coefficient (Wildman–Crippen LogP) is 19.7. The molecule has 0 aromatic carbocycles. The molecule has 0 radical (unpaired) electrons. The van der Waals surface area contributed by atoms with Gasteiger partial charge in [0, 0.05) is 19.3 Å². The van der Waals surface area contributed by atoms with Crippen LogP contribution in [0.4, 0.5) is 0 Å². The van der Waals surface area contributed by atoms with Crippen molar-refractivity contribution in [2.75, 3.05) is 20.6 Å². The van der Waals surface area contributed by atoms with Gasteiger partial charge in [0.25, 0.3) is 0 Å². The van der Waals surface area contributed by atoms with Crippen molar-refractivity contribution >= 4 is 17.9 Å². The zero-order chi connectivity index (χ0) is 55.3. The average molecular weight is 1010 g/mol. The van der Waals surface area contributed by atoms with E-state index in [2.05, 4.69) is 114 Å². The van der Waals surface area contributed by atoms with Crippen LogP contribution in [0.2, 0.25) is 0 Å². The number of nitrogens with zero attached hydrogens (tertiary/aromatic N) is 1. The fourth-order valence-corrected chi connectivity index (χ4v) is 9.50. The van der Waals surface area contributed by atoms with E-state index in [1.54, 1.807) is 0 Å². The standard InChI is InChI=1S/2C21H40O2.C12H26.C10H21NO2/c2*1-5-6-7-8-11-14-17-20(4)23-21(22)18-15-12-9-10-13-16-19(2)3;1-9(2)10(11(3,4)5)12(6,7)8;1-10(2,3)13-9(12)7-6-8-11(4)5/h2*14,17,19-20H,5-13,15-16,18H2,1-4H3;9-10H,1-8H3;6-8H2,1-5H3/b2*17-14-;;. The number of carbonyl (C=O) groups is 3. The highest BCUT2D eigenvalue weighted by molar-refractivity contribution is 5.70. The first-order valence-electron chi connectivity index (χ1n) is 29.6. The molecule has 0 heterocycles. The minimum absolute atomic E-state index is 0.0460. The van der Waals surface area contributed by atoms with Gasteiger partial charge in [-0.2, -0.15) is 0 Å². The van der Waals surface area contributed by atoms with Gasteiger partial charge in [-0.3, -0.25) is 14.4 Å². The van der Waals surface area contributed by atoms with Crippen LogP contribution < -0.4 is 0 Å². The number of rotatable bonds is 35. The highest BCUT2D eigenvalue weighted by atomic mass is 16.6. The Balaban J connectivity index is -0.000000439. The lowest BCUT2D eigenvalue weighted by Crippen LogP contribution is -2.36. The van der Waals surface area contributed by atoms with Crippen molar-refractivity contribution in [1.82, 2.24) is 4.90 Å². The third-order valence-electron chi connectivity index (χ3n) is 12.2. The second kappa shape index (κ2) is 47.6. The smallest absolute Gasteiger partial charge is 0.306 e. The minimum Gasteiger partial charge on any atom is -0.460 e. The molecule has 0 N–H and O–H groups in total. The molecule has 0 spiro atoms. The third-order valence-corrected chi connectivity index (χ3v) is 12.2. The molecule has 2 atom stereocenters. The number of unbranched alkanes of at least 4 members (excludes halogenated alkanes) is 16. The molecule has 0 bridgehead atoms. The van der Waals surface area contributed by atoms with E-state index < -0.39 is 0 Å². The molecule has 0 saturated carbocycles. The summed E-state index contributed by atoms with van der Waals surface area (Å²) < 4.78 is 16.0. The van der Waals surface area contributed by atoms with Gasteiger partial charge in [0.1, 0.15) is 17.8 Å². The third kappa shape index (κ3) is 62.1. The van der Waals surface area contributed by atoms with Gasteiger partial charge in [-0.05, 0) is 147 Å². The quantitative estimate of drug-likeness (QED) is 0.0271. The van der Waals surface area contributed by atoms with Gasteiger partial charge in [0.15, 0.2) is 0 Å². The molecule has 0 fully saturated rings. The van der Waals surface area contributed by atoms with Crippen molar-refractivity contribution in [2.45, 2.75) is 316 Å². The maximum atomic E-state index is 11.7. The summed E-state index contributed by atoms with van der Waals surface area (Å²) in [4.78, 5) is 36.8. The fraction of sp³-hybridized carbons (Fsp3) is 0.891. The molecule has 424 valence electrons. The molecule has 0 aliphatic rings. The first-order valence-corrected chi connectivity index (χ1v) is 29.6. The summed E-state index contributed by atoms with van der Waals surface area (Å²) in [6, 6.07) is 0. The second-order valence-corrected chi connectivity index (χ2v) is 25.3. The summed E-state index contributed by atoms with van der Waals surface area (Å²) in [5, 5.41) is 0. The van der Waals surface area contributed by atoms with Crippen LogP contribution in [0.5, 0.6) is 0 Å². The molecule has 0 rings (SSSR count). The predicted molar refractivity (Wildman–Crippen MR) is 312 cm³/mol. The number of hydrogen-bond donors (Lipinski definition) is 0. The number of ether oxygens (including phenoxy) is 3. The molecular formula is C64H127NO6. The van der Waals surface area contributed by atoms with Crippen LogP contribution in [0.3, 0.4) is 0 Å². The molecule has 0 saturated heterocycles. The number of esters is 3. The van der Waals surface area contributed by atoms with E-state index in [1.165, 1.54) is 103 Å². The molecule has 0 aliphatic heterocycles. The molecule has 2 unspecified atom stereocenters. The van der Waals surface area contributed by atoms with Crippen molar-refractivity contribution in [2.24, 2.45) is 34.5 Å². The van der Waals surface area contributed by atoms with Gasteiger partial charge in [-0.1, -0.05) is 212 Å². The summed E-state index contributed by atoms with van der Waals surface area (Å²) in [6.07, 6.45) is 37.7. The number of hydrogen-bond acceptors (Lipinski definition) is 7. The summed E-state index contributed by atoms with van der Waals surface area (Å²) in [7, 11) is 3.99. The summed E-state index contributed by atoms with van der Waals surface area (Å²) >= 11 is 0. The molecule has 0 aromatic rings. The lowest BCUT2D eigenvalue weighted by molar-refractivity contribution is -0.155. The van der Waals surface area contributed by atoms with Gasteiger partial charge >= 0.3 is 17.9 Å². The van der Waals surface area contributed by atoms with Crippen molar-refractivity contribution in [3.63, 3.8) is 0 Å². The Morgan fingerprint density at radius 2 is 0.789 bits per heavy atom. The molecule has 71 heavy (non-hydrogen) atoms. The van der Waals surface area contributed by atoms with Crippen LogP contribution >= 0.6 is 0 Å². The van der Waals surface area contributed by atoms with E-state index in [-0.39, 0.29) is 35.7 Å². The minimum atomic E-state index is -0.352. The monoisotopic (exact) mass is 1010 g/mol. The first kappa shape index (κ1) is 75.4. The Morgan fingerprint density at radius 1 is 0.451 bits per heavy atom. The Kier molecular flexibility index (Phi) is 50.5. The van der Waals surface area contributed by atoms with E-state index in [0.717, 1.165) is 75.2 Å². The molecular weight excluding hydrogens is 879 g/mol. The van der Waals surface area contributed by atoms with Crippen LogP contribution in [-0.2, 0) is 28.6 Å². The van der Waals surface area contributed by atoms with Crippen LogP contribution in [0.1, 0.15) is 298 Å². The zero-order valence-electron chi connectivity index (χ0n) is 51.8. The largest absolute Gasteiger partial charge is 0.460 e. The Bertz CT molecular complexity index is 1190. The van der Waals surface area contributed by atoms with Gasteiger partial charge in [-0.15, -0.1) is 0 Å². The lowest BCUT2D eigenvalue weighted by Gasteiger charge is -2.43. The van der Waals surface area contributed by atoms with Gasteiger partial charge in [0.05, 0.1) is 0 Å². The van der Waals surface area contributed by atoms with Gasteiger partial charge < -0.3 is 19.1 Å². The fourth-order valence-electron chi connectivity index (χ4n) is 9.50. The Morgan fingerprint density at radius 3 is 1.08 bits per heavy atom. The van der Waals surface area contributed by atoms with Gasteiger partial charge in [-0.25, -0.2) is 0 Å². The van der Waals surface area contributed by atoms with Crippen molar-refractivity contribution < 1.29 is 28.6 Å². The SMILES string of the molecule is CC(C)C(C(C)(C)C)C(C)(C)C.CCCCCC/C=C\C(C)OC(=O)CCCCCCCC(C)C.CCCCCC/C=C\C(C)OC(=O)CCCCCCCC(C)C.CN(C)CCCC(=O)OC(C)(C)C. The van der Waals surface area contributed by atoms with Crippen molar-refractivity contribution in [3.8, 4) is 0 Å². The van der Waals surface area contributed by atoms with Crippen molar-refractivity contribution in [3.05, 3.63) is 24.3 Å². The van der Waals surface area contributed by atoms with Crippen LogP contribution in [0.25, 0.3) is 0 Å². The van der Waals surface area contributed by atoms with E-state index in [1.807, 2.05) is 60.9 Å². The highest BCUT2D eigenvalue weighted by Crippen LogP contribution is 2.44. The zero-order valence-corrected chi connectivity index (χ0v) is 51.8. The number of allylic oxidation sites excluding steroid dienone is 2. The maximum absolute atomic E-state index is 11.7. The Hall–Kier alpha value is -2.15. The summed E-state index contributed by atoms with van der Waals surface area (Å²) in [6.45, 7) is 42.8. The number of carbonyl (C=O) groups excluding carboxylic acids is 3. The second-order valence-electron chi connectivity index (χ2n) is 25.3. The Labute approximate surface area is 445 Å². The van der Waals surface area contributed by atoms with E-state index in [0.29, 0.717) is 30.1 Å². The molecule has 0 aromatic heterocycles. The highest BCUT2D eigenvalue weighted by Gasteiger charge is 2.36. The summed E-state index contributed by atoms with van der Waals surface area (Å²) in [5.41, 5.74) is 0.494. The maximum Gasteiger partial charge on any atom is 0.306 e. The molecule has 7 heteroatoms. The first-order chi connectivity index (χ1) is 33.0. The van der Waals surface area contributed by atoms with Gasteiger partial charge in [0.2, 0.25) is 0 Å². The topological polar surface area (TPSA) is 82.1 Å². The molecule has 7 nitrogen and oxygen atoms in total. The van der Waals surface area contributed by atoms with Crippen LogP contribution in [0, 0.1) is 34.5 Å². The molecule has 0 aliphatic carbocycles. The summed E-state index contributed by atoms with van der Waals surface area (Å²) in [5.74, 6) is 2.98. The van der Waals surface area contributed by atoms with E-state index in [9.17, 15) is 14.4 Å². The normalized spacial score (nSPS) is 13.0. The van der Waals surface area contributed by atoms with Crippen LogP contribution in [0.15, 0.2) is 24.3 Å². The van der Waals surface area contributed by atoms with E-state index in [4.69, 9.17) is 14.2 Å².